The number of carbonyl (C=O) groups is 1. The van der Waals surface area contributed by atoms with E-state index in [1.165, 1.54) is 0 Å². The van der Waals surface area contributed by atoms with E-state index in [1.807, 2.05) is 53.7 Å². The number of ether oxygens (including phenoxy) is 1. The predicted molar refractivity (Wildman–Crippen MR) is 83.1 cm³/mol. The number of furan rings is 1. The van der Waals surface area contributed by atoms with Gasteiger partial charge in [-0.2, -0.15) is 0 Å². The van der Waals surface area contributed by atoms with E-state index in [4.69, 9.17) is 9.15 Å². The summed E-state index contributed by atoms with van der Waals surface area (Å²) in [6.07, 6.45) is 1.37. The van der Waals surface area contributed by atoms with Gasteiger partial charge in [0.2, 0.25) is 0 Å². The van der Waals surface area contributed by atoms with Crippen LogP contribution in [0.25, 0.3) is 0 Å². The number of rotatable bonds is 5. The summed E-state index contributed by atoms with van der Waals surface area (Å²) in [6.45, 7) is 13.6. The van der Waals surface area contributed by atoms with Crippen LogP contribution in [0.4, 0.5) is 4.79 Å². The van der Waals surface area contributed by atoms with Gasteiger partial charge in [0.15, 0.2) is 0 Å². The van der Waals surface area contributed by atoms with Gasteiger partial charge in [-0.05, 0) is 53.7 Å². The van der Waals surface area contributed by atoms with Crippen molar-refractivity contribution in [2.75, 3.05) is 13.1 Å². The number of carbonyl (C=O) groups excluding carboxylic acids is 1. The minimum Gasteiger partial charge on any atom is -0.468 e. The fourth-order valence-electron chi connectivity index (χ4n) is 1.83. The SMILES string of the molecule is CC(C)(C)OC(=O)N(CCNCc1ccco1)C(C)(C)C. The van der Waals surface area contributed by atoms with Gasteiger partial charge in [-0.1, -0.05) is 0 Å². The monoisotopic (exact) mass is 296 g/mol. The third kappa shape index (κ3) is 6.67. The summed E-state index contributed by atoms with van der Waals surface area (Å²) in [7, 11) is 0. The van der Waals surface area contributed by atoms with Gasteiger partial charge in [-0.15, -0.1) is 0 Å². The summed E-state index contributed by atoms with van der Waals surface area (Å²) >= 11 is 0. The van der Waals surface area contributed by atoms with Gasteiger partial charge in [0.1, 0.15) is 11.4 Å². The molecule has 0 saturated carbocycles. The van der Waals surface area contributed by atoms with Gasteiger partial charge in [0, 0.05) is 18.6 Å². The Morgan fingerprint density at radius 3 is 2.43 bits per heavy atom. The Morgan fingerprint density at radius 1 is 1.29 bits per heavy atom. The average molecular weight is 296 g/mol. The smallest absolute Gasteiger partial charge is 0.410 e. The third-order valence-electron chi connectivity index (χ3n) is 2.82. The van der Waals surface area contributed by atoms with Crippen molar-refractivity contribution in [3.63, 3.8) is 0 Å². The molecule has 1 rings (SSSR count). The molecule has 5 heteroatoms. The molecule has 0 unspecified atom stereocenters. The fourth-order valence-corrected chi connectivity index (χ4v) is 1.83. The van der Waals surface area contributed by atoms with Crippen LogP contribution in [0, 0.1) is 0 Å². The van der Waals surface area contributed by atoms with Crippen LogP contribution < -0.4 is 5.32 Å². The van der Waals surface area contributed by atoms with Crippen LogP contribution in [0.3, 0.4) is 0 Å². The molecule has 0 atom stereocenters. The molecular weight excluding hydrogens is 268 g/mol. The maximum absolute atomic E-state index is 12.3. The number of hydrogen-bond donors (Lipinski definition) is 1. The summed E-state index contributed by atoms with van der Waals surface area (Å²) in [4.78, 5) is 14.0. The molecule has 0 radical (unpaired) electrons. The third-order valence-corrected chi connectivity index (χ3v) is 2.82. The molecule has 1 aromatic heterocycles. The minimum absolute atomic E-state index is 0.283. The van der Waals surface area contributed by atoms with Gasteiger partial charge in [-0.3, -0.25) is 0 Å². The molecule has 120 valence electrons. The van der Waals surface area contributed by atoms with E-state index < -0.39 is 5.60 Å². The minimum atomic E-state index is -0.484. The van der Waals surface area contributed by atoms with Crippen LogP contribution in [0.2, 0.25) is 0 Å². The van der Waals surface area contributed by atoms with Crippen molar-refractivity contribution in [1.82, 2.24) is 10.2 Å². The Labute approximate surface area is 127 Å². The molecule has 1 heterocycles. The second-order valence-corrected chi connectivity index (χ2v) is 7.06. The Bertz CT molecular complexity index is 427. The molecule has 0 aliphatic heterocycles. The molecule has 1 amide bonds. The van der Waals surface area contributed by atoms with Crippen LogP contribution in [-0.4, -0.2) is 35.2 Å². The van der Waals surface area contributed by atoms with Gasteiger partial charge in [-0.25, -0.2) is 4.79 Å². The van der Waals surface area contributed by atoms with E-state index in [9.17, 15) is 4.79 Å². The average Bonchev–Trinajstić information content (AvgIpc) is 2.77. The van der Waals surface area contributed by atoms with E-state index in [1.54, 1.807) is 11.2 Å². The first-order chi connectivity index (χ1) is 9.59. The van der Waals surface area contributed by atoms with Crippen molar-refractivity contribution < 1.29 is 13.9 Å². The van der Waals surface area contributed by atoms with Crippen molar-refractivity contribution in [2.45, 2.75) is 59.2 Å². The van der Waals surface area contributed by atoms with Crippen molar-refractivity contribution >= 4 is 6.09 Å². The molecular formula is C16H28N2O3. The summed E-state index contributed by atoms with van der Waals surface area (Å²) in [5.41, 5.74) is -0.767. The molecule has 1 N–H and O–H groups in total. The molecule has 0 aliphatic carbocycles. The van der Waals surface area contributed by atoms with Crippen LogP contribution in [0.15, 0.2) is 22.8 Å². The molecule has 0 spiro atoms. The van der Waals surface area contributed by atoms with Crippen molar-refractivity contribution in [1.29, 1.82) is 0 Å². The Kier molecular flexibility index (Phi) is 5.84. The van der Waals surface area contributed by atoms with Gasteiger partial charge in [0.05, 0.1) is 12.8 Å². The van der Waals surface area contributed by atoms with Crippen molar-refractivity contribution in [3.8, 4) is 0 Å². The zero-order valence-electron chi connectivity index (χ0n) is 14.0. The summed E-state index contributed by atoms with van der Waals surface area (Å²) in [5, 5.41) is 3.26. The van der Waals surface area contributed by atoms with E-state index in [2.05, 4.69) is 5.32 Å². The highest BCUT2D eigenvalue weighted by atomic mass is 16.6. The van der Waals surface area contributed by atoms with E-state index in [0.717, 1.165) is 5.76 Å². The van der Waals surface area contributed by atoms with Gasteiger partial charge in [0.25, 0.3) is 0 Å². The summed E-state index contributed by atoms with van der Waals surface area (Å²) < 4.78 is 10.7. The van der Waals surface area contributed by atoms with E-state index in [-0.39, 0.29) is 11.6 Å². The first-order valence-electron chi connectivity index (χ1n) is 7.33. The van der Waals surface area contributed by atoms with Crippen LogP contribution in [-0.2, 0) is 11.3 Å². The number of amides is 1. The zero-order chi connectivity index (χ0) is 16.1. The molecule has 0 bridgehead atoms. The van der Waals surface area contributed by atoms with Crippen LogP contribution >= 0.6 is 0 Å². The second kappa shape index (κ2) is 6.98. The lowest BCUT2D eigenvalue weighted by atomic mass is 10.1. The highest BCUT2D eigenvalue weighted by Crippen LogP contribution is 2.17. The van der Waals surface area contributed by atoms with E-state index in [0.29, 0.717) is 19.6 Å². The fraction of sp³-hybridized carbons (Fsp3) is 0.688. The van der Waals surface area contributed by atoms with E-state index >= 15 is 0 Å². The Balaban J connectivity index is 2.49. The normalized spacial score (nSPS) is 12.3. The first kappa shape index (κ1) is 17.6. The Morgan fingerprint density at radius 2 is 1.95 bits per heavy atom. The molecule has 5 nitrogen and oxygen atoms in total. The molecule has 21 heavy (non-hydrogen) atoms. The Hall–Kier alpha value is -1.49. The van der Waals surface area contributed by atoms with Gasteiger partial charge < -0.3 is 19.4 Å². The maximum atomic E-state index is 12.3. The lowest BCUT2D eigenvalue weighted by molar-refractivity contribution is 0.00662. The molecule has 0 fully saturated rings. The topological polar surface area (TPSA) is 54.7 Å². The second-order valence-electron chi connectivity index (χ2n) is 7.06. The summed E-state index contributed by atoms with van der Waals surface area (Å²) in [5.74, 6) is 0.884. The van der Waals surface area contributed by atoms with Crippen LogP contribution in [0.5, 0.6) is 0 Å². The zero-order valence-corrected chi connectivity index (χ0v) is 14.0. The number of nitrogens with one attached hydrogen (secondary N) is 1. The number of hydrogen-bond acceptors (Lipinski definition) is 4. The lowest BCUT2D eigenvalue weighted by Gasteiger charge is -2.36. The molecule has 0 aliphatic rings. The highest BCUT2D eigenvalue weighted by Gasteiger charge is 2.30. The lowest BCUT2D eigenvalue weighted by Crippen LogP contribution is -2.50. The highest BCUT2D eigenvalue weighted by molar-refractivity contribution is 5.69. The standard InChI is InChI=1S/C16H28N2O3/c1-15(2,3)18(14(19)21-16(4,5)6)10-9-17-12-13-8-7-11-20-13/h7-8,11,17H,9-10,12H2,1-6H3. The number of nitrogens with zero attached hydrogens (tertiary/aromatic N) is 1. The van der Waals surface area contributed by atoms with Crippen molar-refractivity contribution in [2.24, 2.45) is 0 Å². The first-order valence-corrected chi connectivity index (χ1v) is 7.33. The maximum Gasteiger partial charge on any atom is 0.410 e. The quantitative estimate of drug-likeness (QED) is 0.846. The molecule has 1 aromatic rings. The molecule has 0 aromatic carbocycles. The molecule has 0 saturated heterocycles. The summed E-state index contributed by atoms with van der Waals surface area (Å²) in [6, 6.07) is 3.78. The van der Waals surface area contributed by atoms with Gasteiger partial charge >= 0.3 is 6.09 Å². The van der Waals surface area contributed by atoms with Crippen molar-refractivity contribution in [3.05, 3.63) is 24.2 Å². The van der Waals surface area contributed by atoms with Crippen LogP contribution in [0.1, 0.15) is 47.3 Å². The predicted octanol–water partition coefficient (Wildman–Crippen LogP) is 3.40. The largest absolute Gasteiger partial charge is 0.468 e.